The number of fused-ring (bicyclic) bond motifs is 1. The van der Waals surface area contributed by atoms with E-state index in [9.17, 15) is 4.79 Å². The Balaban J connectivity index is 1.54. The third kappa shape index (κ3) is 4.13. The van der Waals surface area contributed by atoms with Gasteiger partial charge < -0.3 is 10.2 Å². The highest BCUT2D eigenvalue weighted by Crippen LogP contribution is 2.29. The highest BCUT2D eigenvalue weighted by molar-refractivity contribution is 6.29. The summed E-state index contributed by atoms with van der Waals surface area (Å²) in [5, 5.41) is 3.26. The van der Waals surface area contributed by atoms with Crippen molar-refractivity contribution >= 4 is 23.3 Å². The number of carbonyl (C=O) groups is 1. The van der Waals surface area contributed by atoms with Crippen LogP contribution in [-0.4, -0.2) is 41.6 Å². The van der Waals surface area contributed by atoms with Crippen LogP contribution in [0.2, 0.25) is 5.15 Å². The third-order valence-electron chi connectivity index (χ3n) is 4.84. The van der Waals surface area contributed by atoms with Crippen molar-refractivity contribution in [3.05, 3.63) is 23.5 Å². The van der Waals surface area contributed by atoms with Crippen LogP contribution >= 0.6 is 11.6 Å². The molecule has 0 bridgehead atoms. The molecule has 3 unspecified atom stereocenters. The Morgan fingerprint density at radius 2 is 2.17 bits per heavy atom. The average molecular weight is 338 g/mol. The number of hydrogen-bond acceptors (Lipinski definition) is 4. The molecule has 3 atom stereocenters. The summed E-state index contributed by atoms with van der Waals surface area (Å²) in [6, 6.07) is 4.12. The van der Waals surface area contributed by atoms with Crippen molar-refractivity contribution in [3.63, 3.8) is 0 Å². The first kappa shape index (κ1) is 16.5. The lowest BCUT2D eigenvalue weighted by Gasteiger charge is -2.26. The maximum Gasteiger partial charge on any atom is 0.321 e. The first-order chi connectivity index (χ1) is 11.1. The molecule has 126 valence electrons. The number of likely N-dealkylation sites (N-methyl/N-ethyl adjacent to an activating group) is 1. The van der Waals surface area contributed by atoms with Crippen molar-refractivity contribution in [1.29, 1.82) is 0 Å². The lowest BCUT2D eigenvalue weighted by Crippen LogP contribution is -2.44. The topological polar surface area (TPSA) is 69.3 Å². The fraction of sp³-hybridized carbons (Fsp3) is 0.625. The van der Waals surface area contributed by atoms with Gasteiger partial charge in [-0.15, -0.1) is 0 Å². The van der Waals surface area contributed by atoms with Gasteiger partial charge in [-0.3, -0.25) is 10.9 Å². The standard InChI is InChI=1S/C16H24ClN5O/c1-22(16(23)19-11-7-8-15(17)18-9-11)10-14-12-5-3-2-4-6-13(12)20-21-14/h7-9,12-14,20-21H,2-6,10H2,1H3,(H,19,23). The van der Waals surface area contributed by atoms with Crippen LogP contribution in [0.1, 0.15) is 32.1 Å². The minimum Gasteiger partial charge on any atom is -0.326 e. The van der Waals surface area contributed by atoms with E-state index in [2.05, 4.69) is 21.2 Å². The van der Waals surface area contributed by atoms with Crippen LogP contribution in [-0.2, 0) is 0 Å². The summed E-state index contributed by atoms with van der Waals surface area (Å²) < 4.78 is 0. The van der Waals surface area contributed by atoms with E-state index in [0.29, 0.717) is 35.4 Å². The SMILES string of the molecule is CN(CC1NNC2CCCCCC21)C(=O)Nc1ccc(Cl)nc1. The fourth-order valence-electron chi connectivity index (χ4n) is 3.55. The van der Waals surface area contributed by atoms with Crippen LogP contribution in [0.25, 0.3) is 0 Å². The molecule has 1 saturated heterocycles. The summed E-state index contributed by atoms with van der Waals surface area (Å²) in [7, 11) is 1.82. The van der Waals surface area contributed by atoms with Gasteiger partial charge in [-0.05, 0) is 30.9 Å². The first-order valence-corrected chi connectivity index (χ1v) is 8.66. The predicted molar refractivity (Wildman–Crippen MR) is 91.3 cm³/mol. The zero-order chi connectivity index (χ0) is 16.2. The molecule has 23 heavy (non-hydrogen) atoms. The summed E-state index contributed by atoms with van der Waals surface area (Å²) in [4.78, 5) is 18.0. The smallest absolute Gasteiger partial charge is 0.321 e. The van der Waals surface area contributed by atoms with E-state index in [1.54, 1.807) is 23.2 Å². The third-order valence-corrected chi connectivity index (χ3v) is 5.06. The van der Waals surface area contributed by atoms with Crippen molar-refractivity contribution in [2.24, 2.45) is 5.92 Å². The van der Waals surface area contributed by atoms with Gasteiger partial charge in [-0.25, -0.2) is 9.78 Å². The monoisotopic (exact) mass is 337 g/mol. The maximum absolute atomic E-state index is 12.3. The molecule has 1 aromatic heterocycles. The fourth-order valence-corrected chi connectivity index (χ4v) is 3.66. The number of anilines is 1. The van der Waals surface area contributed by atoms with E-state index in [1.165, 1.54) is 32.1 Å². The number of amides is 2. The van der Waals surface area contributed by atoms with Crippen LogP contribution in [0.4, 0.5) is 10.5 Å². The number of urea groups is 1. The summed E-state index contributed by atoms with van der Waals surface area (Å²) >= 11 is 5.75. The first-order valence-electron chi connectivity index (χ1n) is 8.28. The average Bonchev–Trinajstić information content (AvgIpc) is 2.77. The minimum absolute atomic E-state index is 0.131. The van der Waals surface area contributed by atoms with E-state index in [4.69, 9.17) is 11.6 Å². The van der Waals surface area contributed by atoms with Gasteiger partial charge in [0.1, 0.15) is 5.15 Å². The highest BCUT2D eigenvalue weighted by atomic mass is 35.5. The lowest BCUT2D eigenvalue weighted by atomic mass is 9.90. The molecule has 1 aliphatic heterocycles. The van der Waals surface area contributed by atoms with E-state index >= 15 is 0 Å². The second-order valence-electron chi connectivity index (χ2n) is 6.48. The van der Waals surface area contributed by atoms with E-state index in [-0.39, 0.29) is 6.03 Å². The second-order valence-corrected chi connectivity index (χ2v) is 6.87. The number of nitrogens with one attached hydrogen (secondary N) is 3. The maximum atomic E-state index is 12.3. The zero-order valence-electron chi connectivity index (χ0n) is 13.4. The van der Waals surface area contributed by atoms with Gasteiger partial charge in [0.05, 0.1) is 11.9 Å². The van der Waals surface area contributed by atoms with Crippen LogP contribution in [0.5, 0.6) is 0 Å². The Morgan fingerprint density at radius 1 is 1.35 bits per heavy atom. The van der Waals surface area contributed by atoms with Gasteiger partial charge in [0.15, 0.2) is 0 Å². The van der Waals surface area contributed by atoms with E-state index in [0.717, 1.165) is 0 Å². The molecule has 6 nitrogen and oxygen atoms in total. The molecule has 2 heterocycles. The molecule has 7 heteroatoms. The molecule has 1 saturated carbocycles. The number of pyridine rings is 1. The Hall–Kier alpha value is -1.37. The molecule has 2 amide bonds. The number of hydrazine groups is 1. The number of rotatable bonds is 3. The summed E-state index contributed by atoms with van der Waals surface area (Å²) in [6.07, 6.45) is 7.91. The molecular formula is C16H24ClN5O. The van der Waals surface area contributed by atoms with Crippen LogP contribution in [0.3, 0.4) is 0 Å². The normalized spacial score (nSPS) is 27.1. The van der Waals surface area contributed by atoms with Gasteiger partial charge in [0, 0.05) is 25.7 Å². The van der Waals surface area contributed by atoms with Gasteiger partial charge in [-0.2, -0.15) is 0 Å². The molecule has 1 aliphatic carbocycles. The van der Waals surface area contributed by atoms with Gasteiger partial charge in [0.2, 0.25) is 0 Å². The largest absolute Gasteiger partial charge is 0.326 e. The Labute approximate surface area is 141 Å². The van der Waals surface area contributed by atoms with E-state index < -0.39 is 0 Å². The van der Waals surface area contributed by atoms with E-state index in [1.807, 2.05) is 7.05 Å². The summed E-state index contributed by atoms with van der Waals surface area (Å²) in [6.45, 7) is 0.682. The van der Waals surface area contributed by atoms with Gasteiger partial charge in [0.25, 0.3) is 0 Å². The van der Waals surface area contributed by atoms with Crippen molar-refractivity contribution < 1.29 is 4.79 Å². The van der Waals surface area contributed by atoms with Crippen LogP contribution in [0.15, 0.2) is 18.3 Å². The lowest BCUT2D eigenvalue weighted by molar-refractivity contribution is 0.212. The number of carbonyl (C=O) groups excluding carboxylic acids is 1. The quantitative estimate of drug-likeness (QED) is 0.742. The van der Waals surface area contributed by atoms with Gasteiger partial charge >= 0.3 is 6.03 Å². The number of hydrogen-bond donors (Lipinski definition) is 3. The van der Waals surface area contributed by atoms with Gasteiger partial charge in [-0.1, -0.05) is 30.9 Å². The Bertz CT molecular complexity index is 538. The number of halogens is 1. The van der Waals surface area contributed by atoms with Crippen molar-refractivity contribution in [2.45, 2.75) is 44.2 Å². The Morgan fingerprint density at radius 3 is 2.96 bits per heavy atom. The van der Waals surface area contributed by atoms with Crippen LogP contribution in [0, 0.1) is 5.92 Å². The highest BCUT2D eigenvalue weighted by Gasteiger charge is 2.37. The molecule has 0 spiro atoms. The summed E-state index contributed by atoms with van der Waals surface area (Å²) in [5.74, 6) is 0.602. The molecule has 0 radical (unpaired) electrons. The minimum atomic E-state index is -0.131. The molecule has 3 N–H and O–H groups in total. The molecule has 1 aromatic rings. The zero-order valence-corrected chi connectivity index (χ0v) is 14.1. The number of nitrogens with zero attached hydrogens (tertiary/aromatic N) is 2. The molecule has 3 rings (SSSR count). The Kier molecular flexibility index (Phi) is 5.35. The van der Waals surface area contributed by atoms with Crippen molar-refractivity contribution in [2.75, 3.05) is 18.9 Å². The molecule has 2 aliphatic rings. The van der Waals surface area contributed by atoms with Crippen molar-refractivity contribution in [3.8, 4) is 0 Å². The second kappa shape index (κ2) is 7.47. The predicted octanol–water partition coefficient (Wildman–Crippen LogP) is 2.62. The van der Waals surface area contributed by atoms with Crippen molar-refractivity contribution in [1.82, 2.24) is 20.7 Å². The number of aromatic nitrogens is 1. The summed E-state index contributed by atoms with van der Waals surface area (Å²) in [5.41, 5.74) is 7.45. The molecule has 0 aromatic carbocycles. The molecular weight excluding hydrogens is 314 g/mol. The molecule has 2 fully saturated rings. The van der Waals surface area contributed by atoms with Crippen LogP contribution < -0.4 is 16.2 Å².